The van der Waals surface area contributed by atoms with Crippen LogP contribution in [0.3, 0.4) is 0 Å². The second kappa shape index (κ2) is 9.08. The molecule has 0 aliphatic carbocycles. The first-order valence-corrected chi connectivity index (χ1v) is 10.2. The average molecular weight is 386 g/mol. The third kappa shape index (κ3) is 4.46. The summed E-state index contributed by atoms with van der Waals surface area (Å²) in [6.45, 7) is 7.53. The zero-order valence-electron chi connectivity index (χ0n) is 16.8. The number of piperazine rings is 2. The molecule has 0 saturated carbocycles. The van der Waals surface area contributed by atoms with E-state index in [0.717, 1.165) is 25.2 Å². The number of rotatable bonds is 5. The summed E-state index contributed by atoms with van der Waals surface area (Å²) in [6.07, 6.45) is 0.776. The Morgan fingerprint density at radius 2 is 1.79 bits per heavy atom. The van der Waals surface area contributed by atoms with Gasteiger partial charge in [-0.2, -0.15) is 0 Å². The molecular formula is C21H30N4O3. The molecule has 3 rings (SSSR count). The lowest BCUT2D eigenvalue weighted by Gasteiger charge is -2.39. The van der Waals surface area contributed by atoms with Crippen LogP contribution in [-0.2, 0) is 14.4 Å². The molecule has 2 atom stereocenters. The highest BCUT2D eigenvalue weighted by molar-refractivity contribution is 5.93. The van der Waals surface area contributed by atoms with E-state index in [9.17, 15) is 14.4 Å². The maximum Gasteiger partial charge on any atom is 0.243 e. The first-order chi connectivity index (χ1) is 13.5. The van der Waals surface area contributed by atoms with Crippen LogP contribution in [0.1, 0.15) is 26.7 Å². The molecule has 2 fully saturated rings. The molecule has 152 valence electrons. The molecule has 2 aliphatic heterocycles. The highest BCUT2D eigenvalue weighted by Crippen LogP contribution is 2.19. The average Bonchev–Trinajstić information content (AvgIpc) is 2.74. The third-order valence-corrected chi connectivity index (χ3v) is 5.77. The number of benzene rings is 1. The van der Waals surface area contributed by atoms with E-state index in [2.05, 4.69) is 22.3 Å². The molecule has 0 unspecified atom stereocenters. The lowest BCUT2D eigenvalue weighted by Crippen LogP contribution is -2.60. The van der Waals surface area contributed by atoms with Gasteiger partial charge in [-0.3, -0.25) is 14.4 Å². The number of anilines is 1. The number of nitrogens with zero attached hydrogens (tertiary/aromatic N) is 3. The van der Waals surface area contributed by atoms with E-state index in [4.69, 9.17) is 0 Å². The maximum absolute atomic E-state index is 12.9. The lowest BCUT2D eigenvalue weighted by atomic mass is 10.0. The molecule has 0 aromatic heterocycles. The highest BCUT2D eigenvalue weighted by Gasteiger charge is 2.37. The van der Waals surface area contributed by atoms with Crippen LogP contribution >= 0.6 is 0 Å². The summed E-state index contributed by atoms with van der Waals surface area (Å²) in [5, 5.41) is 2.80. The minimum atomic E-state index is -0.699. The molecule has 0 radical (unpaired) electrons. The summed E-state index contributed by atoms with van der Waals surface area (Å²) in [4.78, 5) is 43.6. The topological polar surface area (TPSA) is 73.0 Å². The molecule has 0 bridgehead atoms. The van der Waals surface area contributed by atoms with Crippen molar-refractivity contribution in [3.8, 4) is 0 Å². The van der Waals surface area contributed by atoms with E-state index in [1.165, 1.54) is 0 Å². The van der Waals surface area contributed by atoms with Crippen molar-refractivity contribution < 1.29 is 14.4 Å². The summed E-state index contributed by atoms with van der Waals surface area (Å²) in [5.74, 6) is -0.460. The van der Waals surface area contributed by atoms with Gasteiger partial charge in [0.2, 0.25) is 17.7 Å². The van der Waals surface area contributed by atoms with Crippen LogP contribution in [-0.4, -0.2) is 72.8 Å². The molecule has 1 aromatic rings. The van der Waals surface area contributed by atoms with Crippen LogP contribution in [0, 0.1) is 5.92 Å². The van der Waals surface area contributed by atoms with E-state index < -0.39 is 6.04 Å². The third-order valence-electron chi connectivity index (χ3n) is 5.77. The second-order valence-electron chi connectivity index (χ2n) is 7.56. The van der Waals surface area contributed by atoms with Crippen LogP contribution in [0.2, 0.25) is 0 Å². The number of hydrogen-bond donors (Lipinski definition) is 1. The molecule has 3 amide bonds. The van der Waals surface area contributed by atoms with Crippen LogP contribution in [0.5, 0.6) is 0 Å². The van der Waals surface area contributed by atoms with Crippen LogP contribution in [0.25, 0.3) is 0 Å². The van der Waals surface area contributed by atoms with Gasteiger partial charge in [0.1, 0.15) is 6.04 Å². The molecular weight excluding hydrogens is 356 g/mol. The molecule has 28 heavy (non-hydrogen) atoms. The predicted octanol–water partition coefficient (Wildman–Crippen LogP) is 1.10. The molecule has 1 N–H and O–H groups in total. The van der Waals surface area contributed by atoms with Gasteiger partial charge in [0, 0.05) is 50.9 Å². The van der Waals surface area contributed by atoms with Gasteiger partial charge >= 0.3 is 0 Å². The van der Waals surface area contributed by atoms with Crippen molar-refractivity contribution in [3.63, 3.8) is 0 Å². The molecule has 2 heterocycles. The molecule has 2 saturated heterocycles. The van der Waals surface area contributed by atoms with Gasteiger partial charge < -0.3 is 20.0 Å². The second-order valence-corrected chi connectivity index (χ2v) is 7.56. The minimum absolute atomic E-state index is 0.0379. The quantitative estimate of drug-likeness (QED) is 0.823. The summed E-state index contributed by atoms with van der Waals surface area (Å²) in [7, 11) is 0. The largest absolute Gasteiger partial charge is 0.368 e. The number of carbonyl (C=O) groups excluding carboxylic acids is 3. The Morgan fingerprint density at radius 3 is 2.43 bits per heavy atom. The Bertz CT molecular complexity index is 701. The lowest BCUT2D eigenvalue weighted by molar-refractivity contribution is -0.149. The predicted molar refractivity (Wildman–Crippen MR) is 108 cm³/mol. The zero-order valence-corrected chi connectivity index (χ0v) is 16.8. The van der Waals surface area contributed by atoms with Gasteiger partial charge in [-0.15, -0.1) is 0 Å². The van der Waals surface area contributed by atoms with Crippen LogP contribution < -0.4 is 10.2 Å². The Labute approximate surface area is 166 Å². The van der Waals surface area contributed by atoms with E-state index in [-0.39, 0.29) is 30.1 Å². The maximum atomic E-state index is 12.9. The van der Waals surface area contributed by atoms with Gasteiger partial charge in [0.15, 0.2) is 0 Å². The number of amides is 3. The number of carbonyl (C=O) groups is 3. The van der Waals surface area contributed by atoms with Gasteiger partial charge in [-0.1, -0.05) is 32.0 Å². The summed E-state index contributed by atoms with van der Waals surface area (Å²) >= 11 is 0. The van der Waals surface area contributed by atoms with Crippen LogP contribution in [0.15, 0.2) is 30.3 Å². The Balaban J connectivity index is 1.59. The fourth-order valence-electron chi connectivity index (χ4n) is 3.79. The first-order valence-electron chi connectivity index (χ1n) is 10.2. The Hall–Kier alpha value is -2.57. The summed E-state index contributed by atoms with van der Waals surface area (Å²) < 4.78 is 0. The Morgan fingerprint density at radius 1 is 1.11 bits per heavy atom. The van der Waals surface area contributed by atoms with Crippen molar-refractivity contribution >= 4 is 23.4 Å². The Kier molecular flexibility index (Phi) is 6.54. The monoisotopic (exact) mass is 386 g/mol. The van der Waals surface area contributed by atoms with E-state index in [1.54, 1.807) is 4.90 Å². The smallest absolute Gasteiger partial charge is 0.243 e. The van der Waals surface area contributed by atoms with Crippen molar-refractivity contribution in [2.75, 3.05) is 44.2 Å². The van der Waals surface area contributed by atoms with Crippen molar-refractivity contribution in [2.24, 2.45) is 5.92 Å². The number of para-hydroxylation sites is 1. The van der Waals surface area contributed by atoms with E-state index >= 15 is 0 Å². The van der Waals surface area contributed by atoms with Gasteiger partial charge in [-0.25, -0.2) is 0 Å². The molecule has 1 aromatic carbocycles. The number of hydrogen-bond acceptors (Lipinski definition) is 4. The molecule has 2 aliphatic rings. The molecule has 7 nitrogen and oxygen atoms in total. The first kappa shape index (κ1) is 20.2. The van der Waals surface area contributed by atoms with Crippen LogP contribution in [0.4, 0.5) is 5.69 Å². The van der Waals surface area contributed by atoms with Crippen molar-refractivity contribution in [3.05, 3.63) is 30.3 Å². The van der Waals surface area contributed by atoms with Crippen molar-refractivity contribution in [1.82, 2.24) is 15.1 Å². The minimum Gasteiger partial charge on any atom is -0.368 e. The highest BCUT2D eigenvalue weighted by atomic mass is 16.2. The molecule has 7 heteroatoms. The fourth-order valence-corrected chi connectivity index (χ4v) is 3.79. The summed E-state index contributed by atoms with van der Waals surface area (Å²) in [6, 6.07) is 9.46. The zero-order chi connectivity index (χ0) is 20.1. The van der Waals surface area contributed by atoms with Gasteiger partial charge in [0.05, 0.1) is 6.42 Å². The van der Waals surface area contributed by atoms with E-state index in [1.807, 2.05) is 36.9 Å². The van der Waals surface area contributed by atoms with Gasteiger partial charge in [0.25, 0.3) is 0 Å². The fraction of sp³-hybridized carbons (Fsp3) is 0.571. The normalized spacial score (nSPS) is 21.3. The standard InChI is InChI=1S/C21H30N4O3/c1-3-16(2)21(28)25-10-9-22-20(27)18(25)15-19(26)24-13-11-23(12-14-24)17-7-5-4-6-8-17/h4-8,16,18H,3,9-15H2,1-2H3,(H,22,27)/t16-,18+/m1/s1. The van der Waals surface area contributed by atoms with E-state index in [0.29, 0.717) is 26.2 Å². The van der Waals surface area contributed by atoms with Gasteiger partial charge in [-0.05, 0) is 18.6 Å². The molecule has 0 spiro atoms. The summed E-state index contributed by atoms with van der Waals surface area (Å²) in [5.41, 5.74) is 1.16. The SMILES string of the molecule is CC[C@@H](C)C(=O)N1CCNC(=O)[C@@H]1CC(=O)N1CCN(c2ccccc2)CC1. The van der Waals surface area contributed by atoms with Crippen molar-refractivity contribution in [2.45, 2.75) is 32.7 Å². The number of nitrogens with one attached hydrogen (secondary N) is 1. The van der Waals surface area contributed by atoms with Crippen molar-refractivity contribution in [1.29, 1.82) is 0 Å².